The van der Waals surface area contributed by atoms with E-state index in [9.17, 15) is 4.79 Å². The zero-order chi connectivity index (χ0) is 11.1. The Bertz CT molecular complexity index is 236. The molecule has 0 fully saturated rings. The van der Waals surface area contributed by atoms with Gasteiger partial charge in [-0.3, -0.25) is 4.79 Å². The molecule has 1 rings (SSSR count). The zero-order valence-electron chi connectivity index (χ0n) is 9.50. The monoisotopic (exact) mass is 211 g/mol. The molecule has 1 heterocycles. The van der Waals surface area contributed by atoms with E-state index in [2.05, 4.69) is 6.92 Å². The molecule has 0 spiro atoms. The van der Waals surface area contributed by atoms with Crippen LogP contribution in [0.5, 0.6) is 0 Å². The maximum atomic E-state index is 11.7. The molecule has 86 valence electrons. The summed E-state index contributed by atoms with van der Waals surface area (Å²) in [6.07, 6.45) is 6.41. The molecule has 0 aromatic carbocycles. The van der Waals surface area contributed by atoms with E-state index in [1.807, 2.05) is 6.08 Å². The normalized spacial score (nSPS) is 17.9. The molecule has 1 aliphatic rings. The minimum Gasteiger partial charge on any atom is -0.490 e. The van der Waals surface area contributed by atoms with Crippen LogP contribution in [0.25, 0.3) is 0 Å². The molecular weight excluding hydrogens is 190 g/mol. The third-order valence-electron chi connectivity index (χ3n) is 2.73. The number of carbonyl (C=O) groups excluding carboxylic acids is 1. The van der Waals surface area contributed by atoms with Gasteiger partial charge in [0, 0.05) is 6.42 Å². The molecule has 0 saturated heterocycles. The van der Waals surface area contributed by atoms with Crippen molar-refractivity contribution in [1.82, 2.24) is 0 Å². The van der Waals surface area contributed by atoms with Gasteiger partial charge in [-0.25, -0.2) is 0 Å². The summed E-state index contributed by atoms with van der Waals surface area (Å²) in [6.45, 7) is 3.53. The van der Waals surface area contributed by atoms with E-state index in [1.54, 1.807) is 0 Å². The molecule has 3 nitrogen and oxygen atoms in total. The van der Waals surface area contributed by atoms with Gasteiger partial charge in [0.15, 0.2) is 11.5 Å². The van der Waals surface area contributed by atoms with Crippen LogP contribution in [0.4, 0.5) is 0 Å². The van der Waals surface area contributed by atoms with E-state index >= 15 is 0 Å². The Hall–Kier alpha value is -0.830. The van der Waals surface area contributed by atoms with Crippen LogP contribution in [0.15, 0.2) is 11.8 Å². The van der Waals surface area contributed by atoms with Crippen LogP contribution in [0.3, 0.4) is 0 Å². The van der Waals surface area contributed by atoms with Crippen molar-refractivity contribution in [3.63, 3.8) is 0 Å². The van der Waals surface area contributed by atoms with Gasteiger partial charge in [0.2, 0.25) is 0 Å². The lowest BCUT2D eigenvalue weighted by Gasteiger charge is -2.14. The van der Waals surface area contributed by atoms with E-state index in [-0.39, 0.29) is 5.78 Å². The van der Waals surface area contributed by atoms with Crippen LogP contribution >= 0.6 is 0 Å². The fourth-order valence-electron chi connectivity index (χ4n) is 1.68. The van der Waals surface area contributed by atoms with Gasteiger partial charge < -0.3 is 10.5 Å². The average molecular weight is 211 g/mol. The van der Waals surface area contributed by atoms with Crippen molar-refractivity contribution in [3.8, 4) is 0 Å². The number of allylic oxidation sites excluding steroid dienone is 2. The Kier molecular flexibility index (Phi) is 5.40. The largest absolute Gasteiger partial charge is 0.490 e. The molecule has 0 amide bonds. The summed E-state index contributed by atoms with van der Waals surface area (Å²) in [5, 5.41) is 0. The second kappa shape index (κ2) is 6.62. The summed E-state index contributed by atoms with van der Waals surface area (Å²) in [4.78, 5) is 11.7. The molecule has 0 aliphatic carbocycles. The third-order valence-corrected chi connectivity index (χ3v) is 2.73. The van der Waals surface area contributed by atoms with Crippen molar-refractivity contribution in [2.45, 2.75) is 39.0 Å². The first-order valence-electron chi connectivity index (χ1n) is 5.80. The Labute approximate surface area is 91.7 Å². The Morgan fingerprint density at radius 3 is 3.00 bits per heavy atom. The minimum atomic E-state index is 0.151. The summed E-state index contributed by atoms with van der Waals surface area (Å²) in [7, 11) is 0. The lowest BCUT2D eigenvalue weighted by molar-refractivity contribution is -0.119. The van der Waals surface area contributed by atoms with Gasteiger partial charge in [0.1, 0.15) is 0 Å². The van der Waals surface area contributed by atoms with Gasteiger partial charge in [0.05, 0.1) is 6.61 Å². The average Bonchev–Trinajstić information content (AvgIpc) is 2.27. The topological polar surface area (TPSA) is 52.3 Å². The molecule has 0 saturated carbocycles. The van der Waals surface area contributed by atoms with Crippen molar-refractivity contribution in [3.05, 3.63) is 11.8 Å². The number of nitrogens with two attached hydrogens (primary N) is 1. The van der Waals surface area contributed by atoms with Crippen LogP contribution in [0.1, 0.15) is 39.0 Å². The van der Waals surface area contributed by atoms with Gasteiger partial charge >= 0.3 is 0 Å². The standard InChI is InChI=1S/C12H21NO2/c1-10(7-8-13)5-6-11(14)12-4-2-3-9-15-12/h4,10H,2-3,5-9,13H2,1H3. The van der Waals surface area contributed by atoms with Crippen molar-refractivity contribution in [2.75, 3.05) is 13.2 Å². The van der Waals surface area contributed by atoms with E-state index < -0.39 is 0 Å². The van der Waals surface area contributed by atoms with Crippen molar-refractivity contribution in [2.24, 2.45) is 11.7 Å². The Morgan fingerprint density at radius 2 is 2.40 bits per heavy atom. The molecule has 1 aliphatic heterocycles. The number of carbonyl (C=O) groups is 1. The Balaban J connectivity index is 2.26. The van der Waals surface area contributed by atoms with E-state index in [1.165, 1.54) is 0 Å². The van der Waals surface area contributed by atoms with Gasteiger partial charge in [0.25, 0.3) is 0 Å². The SMILES string of the molecule is CC(CCN)CCC(=O)C1=CCCCO1. The lowest BCUT2D eigenvalue weighted by atomic mass is 9.99. The second-order valence-corrected chi connectivity index (χ2v) is 4.20. The lowest BCUT2D eigenvalue weighted by Crippen LogP contribution is -2.13. The first kappa shape index (κ1) is 12.2. The summed E-state index contributed by atoms with van der Waals surface area (Å²) < 4.78 is 5.32. The zero-order valence-corrected chi connectivity index (χ0v) is 9.50. The van der Waals surface area contributed by atoms with Gasteiger partial charge in [-0.15, -0.1) is 0 Å². The van der Waals surface area contributed by atoms with Crippen molar-refractivity contribution >= 4 is 5.78 Å². The number of hydrogen-bond acceptors (Lipinski definition) is 3. The molecule has 0 aromatic rings. The van der Waals surface area contributed by atoms with E-state index in [0.717, 1.165) is 25.7 Å². The molecule has 15 heavy (non-hydrogen) atoms. The first-order valence-corrected chi connectivity index (χ1v) is 5.80. The number of Topliss-reactive ketones (excluding diaryl/α,β-unsaturated/α-hetero) is 1. The van der Waals surface area contributed by atoms with Crippen LogP contribution in [-0.2, 0) is 9.53 Å². The highest BCUT2D eigenvalue weighted by atomic mass is 16.5. The highest BCUT2D eigenvalue weighted by Crippen LogP contribution is 2.16. The second-order valence-electron chi connectivity index (χ2n) is 4.20. The molecule has 0 radical (unpaired) electrons. The first-order chi connectivity index (χ1) is 7.24. The van der Waals surface area contributed by atoms with Crippen LogP contribution in [0, 0.1) is 5.92 Å². The smallest absolute Gasteiger partial charge is 0.197 e. The summed E-state index contributed by atoms with van der Waals surface area (Å²) in [6, 6.07) is 0. The quantitative estimate of drug-likeness (QED) is 0.731. The molecule has 3 heteroatoms. The summed E-state index contributed by atoms with van der Waals surface area (Å²) in [5.74, 6) is 1.27. The minimum absolute atomic E-state index is 0.151. The fourth-order valence-corrected chi connectivity index (χ4v) is 1.68. The van der Waals surface area contributed by atoms with Gasteiger partial charge in [-0.2, -0.15) is 0 Å². The fraction of sp³-hybridized carbons (Fsp3) is 0.750. The number of rotatable bonds is 6. The molecular formula is C12H21NO2. The van der Waals surface area contributed by atoms with E-state index in [4.69, 9.17) is 10.5 Å². The summed E-state index contributed by atoms with van der Waals surface area (Å²) >= 11 is 0. The molecule has 1 unspecified atom stereocenters. The van der Waals surface area contributed by atoms with Crippen LogP contribution < -0.4 is 5.73 Å². The molecule has 1 atom stereocenters. The predicted molar refractivity (Wildman–Crippen MR) is 60.3 cm³/mol. The van der Waals surface area contributed by atoms with Crippen LogP contribution in [-0.4, -0.2) is 18.9 Å². The maximum absolute atomic E-state index is 11.7. The van der Waals surface area contributed by atoms with E-state index in [0.29, 0.717) is 31.2 Å². The van der Waals surface area contributed by atoms with Crippen LogP contribution in [0.2, 0.25) is 0 Å². The predicted octanol–water partition coefficient (Wildman–Crippen LogP) is 2.01. The summed E-state index contributed by atoms with van der Waals surface area (Å²) in [5.41, 5.74) is 5.46. The Morgan fingerprint density at radius 1 is 1.60 bits per heavy atom. The molecule has 2 N–H and O–H groups in total. The molecule has 0 bridgehead atoms. The third kappa shape index (κ3) is 4.47. The van der Waals surface area contributed by atoms with Gasteiger partial charge in [-0.1, -0.05) is 6.92 Å². The molecule has 0 aromatic heterocycles. The highest BCUT2D eigenvalue weighted by molar-refractivity contribution is 5.93. The highest BCUT2D eigenvalue weighted by Gasteiger charge is 2.14. The number of ether oxygens (including phenoxy) is 1. The number of hydrogen-bond donors (Lipinski definition) is 1. The van der Waals surface area contributed by atoms with Crippen molar-refractivity contribution < 1.29 is 9.53 Å². The number of ketones is 1. The maximum Gasteiger partial charge on any atom is 0.197 e. The van der Waals surface area contributed by atoms with Gasteiger partial charge in [-0.05, 0) is 44.2 Å². The van der Waals surface area contributed by atoms with Crippen molar-refractivity contribution in [1.29, 1.82) is 0 Å².